The highest BCUT2D eigenvalue weighted by atomic mass is 28.3. The molecule has 0 nitrogen and oxygen atoms in total. The number of hydrogen-bond acceptors (Lipinski definition) is 0. The lowest BCUT2D eigenvalue weighted by Crippen LogP contribution is -1.99. The molecule has 0 heterocycles. The first-order valence-electron chi connectivity index (χ1n) is 3.55. The Balaban J connectivity index is 2.30. The fourth-order valence-electron chi connectivity index (χ4n) is 1.07. The molecule has 1 heteroatoms. The van der Waals surface area contributed by atoms with E-state index in [0.717, 1.165) is 0 Å². The molecule has 0 spiro atoms. The van der Waals surface area contributed by atoms with Gasteiger partial charge in [0.1, 0.15) is 0 Å². The van der Waals surface area contributed by atoms with Gasteiger partial charge in [-0.3, -0.25) is 0 Å². The highest BCUT2D eigenvalue weighted by Crippen LogP contribution is 2.15. The molecule has 1 rings (SSSR count). The number of rotatable bonds is 2. The first-order valence-corrected chi connectivity index (χ1v) is 6.68. The predicted octanol–water partition coefficient (Wildman–Crippen LogP) is 2.16. The van der Waals surface area contributed by atoms with Crippen LogP contribution in [0, 0.1) is 6.08 Å². The molecule has 1 aliphatic carbocycles. The van der Waals surface area contributed by atoms with Crippen molar-refractivity contribution in [1.82, 2.24) is 0 Å². The maximum atomic E-state index is 3.26. The fraction of sp³-hybridized carbons (Fsp3) is 0.500. The summed E-state index contributed by atoms with van der Waals surface area (Å²) in [6.07, 6.45) is 8.66. The molecule has 1 aliphatic rings. The Kier molecular flexibility index (Phi) is 2.28. The van der Waals surface area contributed by atoms with E-state index in [1.54, 1.807) is 0 Å². The molecule has 0 atom stereocenters. The van der Waals surface area contributed by atoms with Gasteiger partial charge in [-0.1, -0.05) is 30.8 Å². The van der Waals surface area contributed by atoms with Crippen LogP contribution in [-0.2, 0) is 0 Å². The number of allylic oxidation sites excluding steroid dienone is 4. The third kappa shape index (κ3) is 2.18. The van der Waals surface area contributed by atoms with Gasteiger partial charge in [0, 0.05) is 8.80 Å². The largest absolute Gasteiger partial charge is 0.0798 e. The molecule has 0 saturated carbocycles. The van der Waals surface area contributed by atoms with Crippen LogP contribution in [0.25, 0.3) is 0 Å². The van der Waals surface area contributed by atoms with Crippen molar-refractivity contribution in [3.63, 3.8) is 0 Å². The highest BCUT2D eigenvalue weighted by molar-refractivity contribution is 6.56. The molecule has 0 fully saturated rings. The molecular weight excluding hydrogens is 124 g/mol. The van der Waals surface area contributed by atoms with Gasteiger partial charge in [-0.15, -0.1) is 0 Å². The Morgan fingerprint density at radius 2 is 2.44 bits per heavy atom. The molecule has 0 aliphatic heterocycles. The first kappa shape index (κ1) is 6.81. The van der Waals surface area contributed by atoms with E-state index in [9.17, 15) is 0 Å². The van der Waals surface area contributed by atoms with Crippen molar-refractivity contribution in [1.29, 1.82) is 0 Å². The second-order valence-corrected chi connectivity index (χ2v) is 6.15. The summed E-state index contributed by atoms with van der Waals surface area (Å²) in [6.45, 7) is 4.76. The van der Waals surface area contributed by atoms with Crippen LogP contribution in [0.2, 0.25) is 19.1 Å². The van der Waals surface area contributed by atoms with Crippen LogP contribution >= 0.6 is 0 Å². The van der Waals surface area contributed by atoms with Crippen molar-refractivity contribution < 1.29 is 0 Å². The third-order valence-corrected chi connectivity index (χ3v) is 2.73. The van der Waals surface area contributed by atoms with Crippen LogP contribution in [0.1, 0.15) is 6.42 Å². The van der Waals surface area contributed by atoms with Crippen molar-refractivity contribution in [2.24, 2.45) is 0 Å². The molecule has 49 valence electrons. The molecule has 0 aromatic heterocycles. The average molecular weight is 137 g/mol. The van der Waals surface area contributed by atoms with Crippen molar-refractivity contribution in [3.05, 3.63) is 23.8 Å². The minimum atomic E-state index is -0.363. The van der Waals surface area contributed by atoms with Crippen LogP contribution in [0.3, 0.4) is 0 Å². The van der Waals surface area contributed by atoms with Crippen molar-refractivity contribution in [2.75, 3.05) is 0 Å². The van der Waals surface area contributed by atoms with Crippen LogP contribution in [-0.4, -0.2) is 8.80 Å². The predicted molar refractivity (Wildman–Crippen MR) is 44.2 cm³/mol. The Labute approximate surface area is 58.9 Å². The molecule has 1 radical (unpaired) electrons. The lowest BCUT2D eigenvalue weighted by molar-refractivity contribution is 1.22. The monoisotopic (exact) mass is 137 g/mol. The Bertz CT molecular complexity index is 143. The average Bonchev–Trinajstić information content (AvgIpc) is 2.15. The molecule has 0 aromatic rings. The van der Waals surface area contributed by atoms with E-state index in [-0.39, 0.29) is 8.80 Å². The lowest BCUT2D eigenvalue weighted by atomic mass is 10.3. The fourth-order valence-corrected chi connectivity index (χ4v) is 2.34. The quantitative estimate of drug-likeness (QED) is 0.512. The molecule has 0 unspecified atom stereocenters. The van der Waals surface area contributed by atoms with Crippen LogP contribution in [0.5, 0.6) is 0 Å². The van der Waals surface area contributed by atoms with Crippen LogP contribution in [0.15, 0.2) is 17.7 Å². The normalized spacial score (nSPS) is 17.0. The van der Waals surface area contributed by atoms with Gasteiger partial charge in [0.15, 0.2) is 0 Å². The summed E-state index contributed by atoms with van der Waals surface area (Å²) in [7, 11) is -0.363. The number of hydrogen-bond donors (Lipinski definition) is 0. The molecule has 0 N–H and O–H groups in total. The summed E-state index contributed by atoms with van der Waals surface area (Å²) < 4.78 is 0. The van der Waals surface area contributed by atoms with E-state index < -0.39 is 0 Å². The second kappa shape index (κ2) is 3.02. The van der Waals surface area contributed by atoms with E-state index in [4.69, 9.17) is 0 Å². The first-order chi connectivity index (χ1) is 4.29. The summed E-state index contributed by atoms with van der Waals surface area (Å²) in [5, 5.41) is 0. The second-order valence-electron chi connectivity index (χ2n) is 2.95. The third-order valence-electron chi connectivity index (χ3n) is 1.42. The van der Waals surface area contributed by atoms with Crippen molar-refractivity contribution in [2.45, 2.75) is 25.6 Å². The van der Waals surface area contributed by atoms with Crippen molar-refractivity contribution in [3.8, 4) is 0 Å². The summed E-state index contributed by atoms with van der Waals surface area (Å²) in [5.41, 5.74) is 1.52. The van der Waals surface area contributed by atoms with Gasteiger partial charge in [-0.05, 0) is 18.5 Å². The molecular formula is C8H13Si. The minimum absolute atomic E-state index is 0.363. The topological polar surface area (TPSA) is 0 Å². The van der Waals surface area contributed by atoms with E-state index in [0.29, 0.717) is 0 Å². The Morgan fingerprint density at radius 3 is 2.89 bits per heavy atom. The summed E-state index contributed by atoms with van der Waals surface area (Å²) >= 11 is 0. The molecule has 0 saturated heterocycles. The SMILES string of the molecule is C[SiH](C)CC1=[C]C=CC1. The summed E-state index contributed by atoms with van der Waals surface area (Å²) in [4.78, 5) is 0. The van der Waals surface area contributed by atoms with Crippen molar-refractivity contribution >= 4 is 8.80 Å². The smallest absolute Gasteiger partial charge is 0.0348 e. The molecule has 0 bridgehead atoms. The van der Waals surface area contributed by atoms with E-state index in [2.05, 4.69) is 25.2 Å². The zero-order chi connectivity index (χ0) is 6.69. The summed E-state index contributed by atoms with van der Waals surface area (Å²) in [5.74, 6) is 0. The Hall–Kier alpha value is -0.303. The van der Waals surface area contributed by atoms with E-state index in [1.165, 1.54) is 18.0 Å². The standard InChI is InChI=1S/C8H13Si/c1-9(2)7-8-5-3-4-6-8/h3-4,9H,5,7H2,1-2H3. The maximum absolute atomic E-state index is 3.26. The van der Waals surface area contributed by atoms with Crippen LogP contribution < -0.4 is 0 Å². The molecule has 0 amide bonds. The maximum Gasteiger partial charge on any atom is 0.0348 e. The van der Waals surface area contributed by atoms with Crippen LogP contribution in [0.4, 0.5) is 0 Å². The van der Waals surface area contributed by atoms with Gasteiger partial charge in [-0.25, -0.2) is 0 Å². The summed E-state index contributed by atoms with van der Waals surface area (Å²) in [6, 6.07) is 1.35. The Morgan fingerprint density at radius 1 is 1.67 bits per heavy atom. The van der Waals surface area contributed by atoms with E-state index in [1.807, 2.05) is 6.08 Å². The van der Waals surface area contributed by atoms with Gasteiger partial charge < -0.3 is 0 Å². The van der Waals surface area contributed by atoms with Gasteiger partial charge in [0.25, 0.3) is 0 Å². The minimum Gasteiger partial charge on any atom is -0.0798 e. The van der Waals surface area contributed by atoms with E-state index >= 15 is 0 Å². The van der Waals surface area contributed by atoms with Gasteiger partial charge in [-0.2, -0.15) is 0 Å². The molecule has 9 heavy (non-hydrogen) atoms. The lowest BCUT2D eigenvalue weighted by Gasteiger charge is -2.01. The van der Waals surface area contributed by atoms with Gasteiger partial charge >= 0.3 is 0 Å². The molecule has 0 aromatic carbocycles. The zero-order valence-corrected chi connectivity index (χ0v) is 7.30. The van der Waals surface area contributed by atoms with Gasteiger partial charge in [0.2, 0.25) is 0 Å². The highest BCUT2D eigenvalue weighted by Gasteiger charge is 2.02. The zero-order valence-electron chi connectivity index (χ0n) is 6.15. The van der Waals surface area contributed by atoms with Gasteiger partial charge in [0.05, 0.1) is 0 Å².